The molecule has 1 aromatic heterocycles. The topological polar surface area (TPSA) is 28.2 Å². The highest BCUT2D eigenvalue weighted by Crippen LogP contribution is 2.28. The first-order chi connectivity index (χ1) is 11.4. The monoisotopic (exact) mass is 323 g/mol. The minimum Gasteiger partial charge on any atom is -0.357 e. The van der Waals surface area contributed by atoms with Gasteiger partial charge in [-0.05, 0) is 49.2 Å². The Bertz CT molecular complexity index is 776. The van der Waals surface area contributed by atoms with Gasteiger partial charge in [0.2, 0.25) is 0 Å². The van der Waals surface area contributed by atoms with Crippen molar-refractivity contribution in [3.8, 4) is 0 Å². The Labute approximate surface area is 141 Å². The summed E-state index contributed by atoms with van der Waals surface area (Å²) in [5.41, 5.74) is 3.77. The van der Waals surface area contributed by atoms with Crippen LogP contribution in [0.3, 0.4) is 0 Å². The molecule has 0 radical (unpaired) electrons. The predicted molar refractivity (Wildman–Crippen MR) is 97.9 cm³/mol. The van der Waals surface area contributed by atoms with Crippen molar-refractivity contribution in [2.75, 3.05) is 18.4 Å². The average molecular weight is 323 g/mol. The van der Waals surface area contributed by atoms with E-state index in [0.29, 0.717) is 0 Å². The number of benzene rings is 2. The molecule has 4 heteroatoms. The molecule has 4 rings (SSSR count). The average Bonchev–Trinajstić information content (AvgIpc) is 3.23. The second-order valence-corrected chi connectivity index (χ2v) is 7.17. The third-order valence-electron chi connectivity index (χ3n) is 4.34. The number of hydrogen-bond acceptors (Lipinski definition) is 4. The smallest absolute Gasteiger partial charge is 0.184 e. The standard InChI is InChI=1S/C19H21N3S/c1-2-6-15(7-3-1)13-20-19-21-17-9-8-16(12-18(17)23-19)14-22-10-4-5-11-22/h1-3,6-9,12H,4-5,10-11,13-14H2,(H,20,21). The summed E-state index contributed by atoms with van der Waals surface area (Å²) in [5.74, 6) is 0. The van der Waals surface area contributed by atoms with E-state index in [9.17, 15) is 0 Å². The van der Waals surface area contributed by atoms with Crippen LogP contribution in [0.25, 0.3) is 10.2 Å². The van der Waals surface area contributed by atoms with Crippen LogP contribution in [0.2, 0.25) is 0 Å². The molecule has 1 N–H and O–H groups in total. The van der Waals surface area contributed by atoms with Gasteiger partial charge in [-0.15, -0.1) is 0 Å². The van der Waals surface area contributed by atoms with Gasteiger partial charge in [-0.3, -0.25) is 4.90 Å². The van der Waals surface area contributed by atoms with Gasteiger partial charge < -0.3 is 5.32 Å². The molecule has 3 aromatic rings. The normalized spacial score (nSPS) is 15.3. The van der Waals surface area contributed by atoms with Gasteiger partial charge in [-0.25, -0.2) is 4.98 Å². The molecular formula is C19H21N3S. The number of likely N-dealkylation sites (tertiary alicyclic amines) is 1. The summed E-state index contributed by atoms with van der Waals surface area (Å²) in [4.78, 5) is 7.23. The number of nitrogens with one attached hydrogen (secondary N) is 1. The highest BCUT2D eigenvalue weighted by molar-refractivity contribution is 7.22. The van der Waals surface area contributed by atoms with E-state index in [1.54, 1.807) is 11.3 Å². The SMILES string of the molecule is c1ccc(CNc2nc3ccc(CN4CCCC4)cc3s2)cc1. The van der Waals surface area contributed by atoms with Gasteiger partial charge in [0, 0.05) is 13.1 Å². The van der Waals surface area contributed by atoms with Gasteiger partial charge in [0.05, 0.1) is 10.2 Å². The maximum atomic E-state index is 4.69. The molecule has 0 bridgehead atoms. The Morgan fingerprint density at radius 1 is 1.00 bits per heavy atom. The molecule has 0 saturated carbocycles. The van der Waals surface area contributed by atoms with E-state index in [1.807, 2.05) is 6.07 Å². The molecule has 0 aliphatic carbocycles. The highest BCUT2D eigenvalue weighted by Gasteiger charge is 2.12. The Morgan fingerprint density at radius 3 is 2.65 bits per heavy atom. The lowest BCUT2D eigenvalue weighted by Gasteiger charge is -2.14. The van der Waals surface area contributed by atoms with Crippen LogP contribution < -0.4 is 5.32 Å². The zero-order valence-electron chi connectivity index (χ0n) is 13.2. The van der Waals surface area contributed by atoms with Gasteiger partial charge in [-0.2, -0.15) is 0 Å². The minimum atomic E-state index is 0.821. The zero-order chi connectivity index (χ0) is 15.5. The zero-order valence-corrected chi connectivity index (χ0v) is 14.0. The van der Waals surface area contributed by atoms with Crippen LogP contribution >= 0.6 is 11.3 Å². The van der Waals surface area contributed by atoms with Crippen molar-refractivity contribution >= 4 is 26.7 Å². The van der Waals surface area contributed by atoms with Crippen molar-refractivity contribution in [2.45, 2.75) is 25.9 Å². The van der Waals surface area contributed by atoms with E-state index < -0.39 is 0 Å². The summed E-state index contributed by atoms with van der Waals surface area (Å²) >= 11 is 1.75. The summed E-state index contributed by atoms with van der Waals surface area (Å²) in [6.07, 6.45) is 2.69. The van der Waals surface area contributed by atoms with Crippen LogP contribution in [0, 0.1) is 0 Å². The summed E-state index contributed by atoms with van der Waals surface area (Å²) in [5, 5.41) is 4.44. The number of anilines is 1. The fourth-order valence-corrected chi connectivity index (χ4v) is 4.04. The molecule has 23 heavy (non-hydrogen) atoms. The number of fused-ring (bicyclic) bond motifs is 1. The summed E-state index contributed by atoms with van der Waals surface area (Å²) in [7, 11) is 0. The van der Waals surface area contributed by atoms with Crippen LogP contribution in [-0.2, 0) is 13.1 Å². The first-order valence-electron chi connectivity index (χ1n) is 8.26. The van der Waals surface area contributed by atoms with Crippen LogP contribution in [0.15, 0.2) is 48.5 Å². The first kappa shape index (κ1) is 14.7. The maximum absolute atomic E-state index is 4.69. The molecule has 3 nitrogen and oxygen atoms in total. The number of hydrogen-bond donors (Lipinski definition) is 1. The lowest BCUT2D eigenvalue weighted by Crippen LogP contribution is -2.18. The largest absolute Gasteiger partial charge is 0.357 e. The molecule has 1 saturated heterocycles. The lowest BCUT2D eigenvalue weighted by atomic mass is 10.2. The lowest BCUT2D eigenvalue weighted by molar-refractivity contribution is 0.331. The second kappa shape index (κ2) is 6.69. The molecule has 1 aliphatic heterocycles. The van der Waals surface area contributed by atoms with E-state index in [4.69, 9.17) is 4.98 Å². The summed E-state index contributed by atoms with van der Waals surface area (Å²) in [6, 6.07) is 17.1. The third kappa shape index (κ3) is 3.54. The van der Waals surface area contributed by atoms with Gasteiger partial charge in [0.1, 0.15) is 0 Å². The molecule has 2 heterocycles. The van der Waals surface area contributed by atoms with Crippen molar-refractivity contribution in [2.24, 2.45) is 0 Å². The van der Waals surface area contributed by atoms with Gasteiger partial charge in [-0.1, -0.05) is 47.7 Å². The number of aromatic nitrogens is 1. The van der Waals surface area contributed by atoms with Crippen LogP contribution in [-0.4, -0.2) is 23.0 Å². The van der Waals surface area contributed by atoms with E-state index in [2.05, 4.69) is 52.7 Å². The molecule has 0 atom stereocenters. The summed E-state index contributed by atoms with van der Waals surface area (Å²) in [6.45, 7) is 4.37. The molecule has 0 amide bonds. The fraction of sp³-hybridized carbons (Fsp3) is 0.316. The molecule has 2 aromatic carbocycles. The quantitative estimate of drug-likeness (QED) is 0.749. The van der Waals surface area contributed by atoms with Crippen molar-refractivity contribution in [3.05, 3.63) is 59.7 Å². The van der Waals surface area contributed by atoms with Gasteiger partial charge >= 0.3 is 0 Å². The van der Waals surface area contributed by atoms with Gasteiger partial charge in [0.25, 0.3) is 0 Å². The van der Waals surface area contributed by atoms with Crippen LogP contribution in [0.4, 0.5) is 5.13 Å². The molecular weight excluding hydrogens is 302 g/mol. The molecule has 1 aliphatic rings. The van der Waals surface area contributed by atoms with Crippen molar-refractivity contribution < 1.29 is 0 Å². The Hall–Kier alpha value is -1.91. The van der Waals surface area contributed by atoms with Crippen molar-refractivity contribution in [1.29, 1.82) is 0 Å². The Morgan fingerprint density at radius 2 is 1.83 bits per heavy atom. The third-order valence-corrected chi connectivity index (χ3v) is 5.32. The minimum absolute atomic E-state index is 0.821. The number of rotatable bonds is 5. The Kier molecular flexibility index (Phi) is 4.26. The molecule has 118 valence electrons. The predicted octanol–water partition coefficient (Wildman–Crippen LogP) is 4.50. The van der Waals surface area contributed by atoms with Gasteiger partial charge in [0.15, 0.2) is 5.13 Å². The van der Waals surface area contributed by atoms with E-state index in [0.717, 1.165) is 23.7 Å². The van der Waals surface area contributed by atoms with E-state index in [1.165, 1.54) is 41.8 Å². The fourth-order valence-electron chi connectivity index (χ4n) is 3.12. The Balaban J connectivity index is 1.46. The second-order valence-electron chi connectivity index (χ2n) is 6.14. The first-order valence-corrected chi connectivity index (χ1v) is 9.08. The van der Waals surface area contributed by atoms with Crippen molar-refractivity contribution in [1.82, 2.24) is 9.88 Å². The number of nitrogens with zero attached hydrogens (tertiary/aromatic N) is 2. The molecule has 0 spiro atoms. The van der Waals surface area contributed by atoms with Crippen molar-refractivity contribution in [3.63, 3.8) is 0 Å². The maximum Gasteiger partial charge on any atom is 0.184 e. The van der Waals surface area contributed by atoms with E-state index >= 15 is 0 Å². The molecule has 0 unspecified atom stereocenters. The van der Waals surface area contributed by atoms with Crippen LogP contribution in [0.1, 0.15) is 24.0 Å². The summed E-state index contributed by atoms with van der Waals surface area (Å²) < 4.78 is 1.28. The molecule has 1 fully saturated rings. The van der Waals surface area contributed by atoms with Crippen LogP contribution in [0.5, 0.6) is 0 Å². The van der Waals surface area contributed by atoms with E-state index in [-0.39, 0.29) is 0 Å². The number of thiazole rings is 1. The highest BCUT2D eigenvalue weighted by atomic mass is 32.1.